The Bertz CT molecular complexity index is 610. The molecule has 116 valence electrons. The lowest BCUT2D eigenvalue weighted by atomic mass is 10.1. The number of benzene rings is 1. The molecule has 2 aromatic rings. The summed E-state index contributed by atoms with van der Waals surface area (Å²) in [5, 5.41) is 12.2. The number of aromatic nitrogens is 2. The number of hydrogen-bond donors (Lipinski definition) is 4. The van der Waals surface area contributed by atoms with Gasteiger partial charge in [0.15, 0.2) is 5.96 Å². The van der Waals surface area contributed by atoms with E-state index in [4.69, 9.17) is 5.73 Å². The second-order valence-electron chi connectivity index (χ2n) is 4.80. The molecule has 0 aliphatic carbocycles. The van der Waals surface area contributed by atoms with Gasteiger partial charge in [0, 0.05) is 6.20 Å². The van der Waals surface area contributed by atoms with E-state index in [0.29, 0.717) is 6.42 Å². The second-order valence-corrected chi connectivity index (χ2v) is 4.80. The lowest BCUT2D eigenvalue weighted by Gasteiger charge is -2.16. The summed E-state index contributed by atoms with van der Waals surface area (Å²) >= 11 is 0. The fraction of sp³-hybridized carbons (Fsp3) is 0.267. The highest BCUT2D eigenvalue weighted by Gasteiger charge is 2.11. The summed E-state index contributed by atoms with van der Waals surface area (Å²) in [6.07, 6.45) is 4.30. The average molecular weight is 301 g/mol. The topological polar surface area (TPSA) is 116 Å². The number of carbonyl (C=O) groups is 1. The van der Waals surface area contributed by atoms with Gasteiger partial charge in [-0.1, -0.05) is 30.3 Å². The molecule has 2 rings (SSSR count). The van der Waals surface area contributed by atoms with E-state index in [0.717, 1.165) is 6.42 Å². The number of aliphatic hydroxyl groups is 1. The van der Waals surface area contributed by atoms with E-state index in [2.05, 4.69) is 20.3 Å². The molecule has 0 aliphatic rings. The van der Waals surface area contributed by atoms with Crippen molar-refractivity contribution in [1.29, 1.82) is 0 Å². The zero-order valence-electron chi connectivity index (χ0n) is 12.1. The number of H-pyrrole nitrogens is 1. The van der Waals surface area contributed by atoms with Crippen LogP contribution in [0.25, 0.3) is 0 Å². The third kappa shape index (κ3) is 4.71. The third-order valence-electron chi connectivity index (χ3n) is 3.14. The molecule has 0 fully saturated rings. The highest BCUT2D eigenvalue weighted by molar-refractivity contribution is 6.00. The fourth-order valence-corrected chi connectivity index (χ4v) is 1.98. The maximum Gasteiger partial charge on any atom is 0.300 e. The van der Waals surface area contributed by atoms with Gasteiger partial charge in [0.25, 0.3) is 5.91 Å². The molecule has 1 aromatic carbocycles. The number of guanidine groups is 1. The number of hydrogen-bond acceptors (Lipinski definition) is 3. The summed E-state index contributed by atoms with van der Waals surface area (Å²) < 4.78 is 0. The molecule has 1 heterocycles. The van der Waals surface area contributed by atoms with Crippen LogP contribution < -0.4 is 11.1 Å². The highest BCUT2D eigenvalue weighted by Crippen LogP contribution is 2.05. The number of aliphatic hydroxyl groups excluding tert-OH is 1. The van der Waals surface area contributed by atoms with Crippen LogP contribution in [0.15, 0.2) is 47.8 Å². The molecule has 22 heavy (non-hydrogen) atoms. The first-order valence-electron chi connectivity index (χ1n) is 6.97. The van der Waals surface area contributed by atoms with Crippen LogP contribution in [0.4, 0.5) is 0 Å². The van der Waals surface area contributed by atoms with Crippen molar-refractivity contribution in [1.82, 2.24) is 15.3 Å². The SMILES string of the molecule is NC(=NC(=O)c1c[nH]cn1)N[C@H](CO)CCc1ccccc1. The Balaban J connectivity index is 1.87. The summed E-state index contributed by atoms with van der Waals surface area (Å²) in [5.41, 5.74) is 7.06. The lowest BCUT2D eigenvalue weighted by Crippen LogP contribution is -2.42. The molecule has 7 nitrogen and oxygen atoms in total. The highest BCUT2D eigenvalue weighted by atomic mass is 16.3. The van der Waals surface area contributed by atoms with Crippen molar-refractivity contribution in [3.63, 3.8) is 0 Å². The van der Waals surface area contributed by atoms with Crippen molar-refractivity contribution in [2.45, 2.75) is 18.9 Å². The number of carbonyl (C=O) groups excluding carboxylic acids is 1. The van der Waals surface area contributed by atoms with Crippen LogP contribution in [0.5, 0.6) is 0 Å². The van der Waals surface area contributed by atoms with E-state index in [1.807, 2.05) is 30.3 Å². The first-order chi connectivity index (χ1) is 10.7. The Hall–Kier alpha value is -2.67. The minimum absolute atomic E-state index is 0.0277. The fourth-order valence-electron chi connectivity index (χ4n) is 1.98. The van der Waals surface area contributed by atoms with E-state index >= 15 is 0 Å². The number of rotatable bonds is 6. The van der Waals surface area contributed by atoms with Crippen LogP contribution in [0.3, 0.4) is 0 Å². The van der Waals surface area contributed by atoms with E-state index in [-0.39, 0.29) is 24.3 Å². The van der Waals surface area contributed by atoms with Gasteiger partial charge in [0.1, 0.15) is 5.69 Å². The molecular formula is C15H19N5O2. The Morgan fingerprint density at radius 2 is 2.18 bits per heavy atom. The van der Waals surface area contributed by atoms with Crippen LogP contribution in [0.2, 0.25) is 0 Å². The Kier molecular flexibility index (Phi) is 5.67. The van der Waals surface area contributed by atoms with Gasteiger partial charge in [-0.2, -0.15) is 4.99 Å². The first kappa shape index (κ1) is 15.7. The largest absolute Gasteiger partial charge is 0.394 e. The maximum atomic E-state index is 11.7. The summed E-state index contributed by atoms with van der Waals surface area (Å²) in [5.74, 6) is -0.564. The molecule has 0 saturated carbocycles. The number of aliphatic imine (C=N–C) groups is 1. The molecule has 0 unspecified atom stereocenters. The molecular weight excluding hydrogens is 282 g/mol. The Morgan fingerprint density at radius 1 is 1.41 bits per heavy atom. The Morgan fingerprint density at radius 3 is 2.82 bits per heavy atom. The van der Waals surface area contributed by atoms with Crippen molar-refractivity contribution >= 4 is 11.9 Å². The molecule has 1 atom stereocenters. The van der Waals surface area contributed by atoms with E-state index in [9.17, 15) is 9.90 Å². The number of nitrogens with zero attached hydrogens (tertiary/aromatic N) is 2. The molecule has 7 heteroatoms. The van der Waals surface area contributed by atoms with Crippen LogP contribution in [-0.4, -0.2) is 39.6 Å². The quantitative estimate of drug-likeness (QED) is 0.456. The van der Waals surface area contributed by atoms with Crippen LogP contribution in [0, 0.1) is 0 Å². The lowest BCUT2D eigenvalue weighted by molar-refractivity contribution is 0.0998. The van der Waals surface area contributed by atoms with E-state index < -0.39 is 5.91 Å². The second kappa shape index (κ2) is 7.94. The Labute approximate surface area is 128 Å². The van der Waals surface area contributed by atoms with Crippen LogP contribution >= 0.6 is 0 Å². The van der Waals surface area contributed by atoms with Gasteiger partial charge >= 0.3 is 0 Å². The molecule has 1 aromatic heterocycles. The number of aromatic amines is 1. The van der Waals surface area contributed by atoms with Gasteiger partial charge in [-0.25, -0.2) is 4.98 Å². The summed E-state index contributed by atoms with van der Waals surface area (Å²) in [6, 6.07) is 9.66. The monoisotopic (exact) mass is 301 g/mol. The number of nitrogens with two attached hydrogens (primary N) is 1. The van der Waals surface area contributed by atoms with Gasteiger partial charge in [-0.05, 0) is 18.4 Å². The molecule has 0 bridgehead atoms. The van der Waals surface area contributed by atoms with Gasteiger partial charge in [0.2, 0.25) is 0 Å². The average Bonchev–Trinajstić information content (AvgIpc) is 3.07. The van der Waals surface area contributed by atoms with Gasteiger partial charge in [-0.15, -0.1) is 0 Å². The standard InChI is InChI=1S/C15H19N5O2/c16-15(20-14(22)13-8-17-10-18-13)19-12(9-21)7-6-11-4-2-1-3-5-11/h1-5,8,10,12,21H,6-7,9H2,(H,17,18)(H3,16,19,20,22)/t12-/m0/s1. The van der Waals surface area contributed by atoms with Crippen molar-refractivity contribution < 1.29 is 9.90 Å². The molecule has 0 saturated heterocycles. The van der Waals surface area contributed by atoms with Gasteiger partial charge in [0.05, 0.1) is 19.0 Å². The predicted octanol–water partition coefficient (Wildman–Crippen LogP) is 0.448. The summed E-state index contributed by atoms with van der Waals surface area (Å²) in [4.78, 5) is 21.9. The minimum Gasteiger partial charge on any atom is -0.394 e. The number of nitrogens with one attached hydrogen (secondary N) is 2. The number of imidazole rings is 1. The normalized spacial score (nSPS) is 12.9. The van der Waals surface area contributed by atoms with Crippen molar-refractivity contribution in [2.24, 2.45) is 10.7 Å². The summed E-state index contributed by atoms with van der Waals surface area (Å²) in [6.45, 7) is -0.0976. The van der Waals surface area contributed by atoms with Crippen LogP contribution in [0.1, 0.15) is 22.5 Å². The van der Waals surface area contributed by atoms with Crippen molar-refractivity contribution in [2.75, 3.05) is 6.61 Å². The third-order valence-corrected chi connectivity index (χ3v) is 3.14. The van der Waals surface area contributed by atoms with Gasteiger partial charge < -0.3 is 21.1 Å². The van der Waals surface area contributed by atoms with Crippen molar-refractivity contribution in [3.8, 4) is 0 Å². The number of amides is 1. The maximum absolute atomic E-state index is 11.7. The zero-order valence-corrected chi connectivity index (χ0v) is 12.1. The first-order valence-corrected chi connectivity index (χ1v) is 6.97. The van der Waals surface area contributed by atoms with Crippen LogP contribution in [-0.2, 0) is 6.42 Å². The zero-order chi connectivity index (χ0) is 15.8. The molecule has 0 radical (unpaired) electrons. The van der Waals surface area contributed by atoms with Crippen molar-refractivity contribution in [3.05, 3.63) is 54.1 Å². The molecule has 0 aliphatic heterocycles. The summed E-state index contributed by atoms with van der Waals surface area (Å²) in [7, 11) is 0. The van der Waals surface area contributed by atoms with E-state index in [1.165, 1.54) is 18.1 Å². The van der Waals surface area contributed by atoms with Gasteiger partial charge in [-0.3, -0.25) is 4.79 Å². The smallest absolute Gasteiger partial charge is 0.300 e. The van der Waals surface area contributed by atoms with E-state index in [1.54, 1.807) is 0 Å². The predicted molar refractivity (Wildman–Crippen MR) is 83.3 cm³/mol. The molecule has 5 N–H and O–H groups in total. The molecule has 0 spiro atoms. The molecule has 1 amide bonds. The minimum atomic E-state index is -0.536. The number of aryl methyl sites for hydroxylation is 1.